The molecular weight excluding hydrogens is 584 g/mol. The Kier molecular flexibility index (Phi) is 8.06. The molecule has 0 saturated heterocycles. The van der Waals surface area contributed by atoms with Crippen molar-refractivity contribution in [1.29, 1.82) is 5.26 Å². The van der Waals surface area contributed by atoms with Crippen LogP contribution in [0.3, 0.4) is 0 Å². The highest BCUT2D eigenvalue weighted by Gasteiger charge is 2.34. The number of rotatable bonds is 8. The molecule has 0 fully saturated rings. The zero-order chi connectivity index (χ0) is 30.0. The molecule has 3 aliphatic heterocycles. The summed E-state index contributed by atoms with van der Waals surface area (Å²) in [5.41, 5.74) is 2.10. The lowest BCUT2D eigenvalue weighted by molar-refractivity contribution is -0.121. The second-order valence-electron chi connectivity index (χ2n) is 9.85. The summed E-state index contributed by atoms with van der Waals surface area (Å²) in [5, 5.41) is 18.4. The lowest BCUT2D eigenvalue weighted by Crippen LogP contribution is -2.51. The molecule has 0 saturated carbocycles. The number of aliphatic imine (C=N–C) groups is 3. The molecular formula is C27H27ClN8O5S. The van der Waals surface area contributed by atoms with Crippen LogP contribution < -0.4 is 30.3 Å². The first kappa shape index (κ1) is 28.9. The second-order valence-corrected chi connectivity index (χ2v) is 12.5. The number of nitrogens with one attached hydrogen (secondary N) is 3. The summed E-state index contributed by atoms with van der Waals surface area (Å²) in [7, 11) is 0.460. The molecule has 15 heteroatoms. The van der Waals surface area contributed by atoms with E-state index in [9.17, 15) is 18.5 Å². The first-order valence-corrected chi connectivity index (χ1v) is 15.3. The average Bonchev–Trinajstić information content (AvgIpc) is 3.48. The van der Waals surface area contributed by atoms with E-state index in [1.165, 1.54) is 12.1 Å². The number of sulfone groups is 1. The van der Waals surface area contributed by atoms with Gasteiger partial charge in [0.05, 0.1) is 29.0 Å². The van der Waals surface area contributed by atoms with Crippen molar-refractivity contribution in [2.24, 2.45) is 15.0 Å². The van der Waals surface area contributed by atoms with Gasteiger partial charge < -0.3 is 25.0 Å². The number of nitriles is 1. The van der Waals surface area contributed by atoms with Crippen LogP contribution in [0.15, 0.2) is 63.0 Å². The molecule has 0 aliphatic carbocycles. The Hall–Kier alpha value is -4.61. The molecule has 0 bridgehead atoms. The normalized spacial score (nSPS) is 17.9. The third-order valence-electron chi connectivity index (χ3n) is 6.31. The minimum absolute atomic E-state index is 0.0218. The zero-order valence-electron chi connectivity index (χ0n) is 22.9. The maximum atomic E-state index is 12.9. The SMILES string of the molecule is CN(C)c1cc(OC2=C3NC(=O)C(CCS(C)(=O)=O)N=C3NC(Oc3cc(C#N)ccc3Cl)=N2)cc(C2=NCCN2)c1. The van der Waals surface area contributed by atoms with Crippen LogP contribution in [0.25, 0.3) is 0 Å². The number of carbonyl (C=O) groups is 1. The molecule has 0 radical (unpaired) electrons. The van der Waals surface area contributed by atoms with Crippen LogP contribution in [0.2, 0.25) is 5.02 Å². The van der Waals surface area contributed by atoms with Gasteiger partial charge in [0, 0.05) is 50.3 Å². The maximum absolute atomic E-state index is 12.9. The number of amidine groups is 3. The number of amides is 1. The highest BCUT2D eigenvalue weighted by molar-refractivity contribution is 7.90. The molecule has 218 valence electrons. The Balaban J connectivity index is 1.55. The molecule has 3 N–H and O–H groups in total. The maximum Gasteiger partial charge on any atom is 0.304 e. The van der Waals surface area contributed by atoms with Gasteiger partial charge in [-0.15, -0.1) is 0 Å². The smallest absolute Gasteiger partial charge is 0.304 e. The van der Waals surface area contributed by atoms with Crippen LogP contribution in [0, 0.1) is 11.3 Å². The number of anilines is 1. The van der Waals surface area contributed by atoms with E-state index in [0.717, 1.165) is 29.9 Å². The van der Waals surface area contributed by atoms with Gasteiger partial charge in [-0.3, -0.25) is 20.1 Å². The third-order valence-corrected chi connectivity index (χ3v) is 7.60. The molecule has 1 amide bonds. The summed E-state index contributed by atoms with van der Waals surface area (Å²) in [6.45, 7) is 1.39. The molecule has 2 aromatic rings. The predicted octanol–water partition coefficient (Wildman–Crippen LogP) is 1.55. The number of nitrogens with zero attached hydrogens (tertiary/aromatic N) is 5. The van der Waals surface area contributed by atoms with Gasteiger partial charge in [-0.05, 0) is 30.7 Å². The summed E-state index contributed by atoms with van der Waals surface area (Å²) in [4.78, 5) is 28.3. The van der Waals surface area contributed by atoms with E-state index in [1.807, 2.05) is 31.1 Å². The van der Waals surface area contributed by atoms with Crippen molar-refractivity contribution >= 4 is 50.7 Å². The van der Waals surface area contributed by atoms with Crippen LogP contribution in [0.4, 0.5) is 5.69 Å². The number of benzene rings is 2. The van der Waals surface area contributed by atoms with Crippen LogP contribution >= 0.6 is 11.6 Å². The molecule has 0 spiro atoms. The van der Waals surface area contributed by atoms with Crippen LogP contribution in [0.5, 0.6) is 11.5 Å². The van der Waals surface area contributed by atoms with E-state index in [0.29, 0.717) is 17.9 Å². The molecule has 0 aromatic heterocycles. The summed E-state index contributed by atoms with van der Waals surface area (Å²) >= 11 is 6.30. The largest absolute Gasteiger partial charge is 0.437 e. The van der Waals surface area contributed by atoms with Crippen LogP contribution in [-0.4, -0.2) is 77.3 Å². The third kappa shape index (κ3) is 6.64. The molecule has 3 heterocycles. The first-order chi connectivity index (χ1) is 20.0. The van der Waals surface area contributed by atoms with Crippen molar-refractivity contribution in [1.82, 2.24) is 16.0 Å². The highest BCUT2D eigenvalue weighted by Crippen LogP contribution is 2.29. The first-order valence-electron chi connectivity index (χ1n) is 12.8. The van der Waals surface area contributed by atoms with Crippen molar-refractivity contribution in [2.75, 3.05) is 44.1 Å². The molecule has 2 aromatic carbocycles. The Morgan fingerprint density at radius 3 is 2.64 bits per heavy atom. The van der Waals surface area contributed by atoms with Crippen molar-refractivity contribution < 1.29 is 22.7 Å². The number of ether oxygens (including phenoxy) is 2. The molecule has 1 unspecified atom stereocenters. The van der Waals surface area contributed by atoms with Crippen LogP contribution in [0.1, 0.15) is 17.5 Å². The number of carbonyl (C=O) groups excluding carboxylic acids is 1. The van der Waals surface area contributed by atoms with Gasteiger partial charge in [0.15, 0.2) is 11.6 Å². The summed E-state index contributed by atoms with van der Waals surface area (Å²) in [5.74, 6) is 0.680. The zero-order valence-corrected chi connectivity index (χ0v) is 24.5. The van der Waals surface area contributed by atoms with E-state index < -0.39 is 21.8 Å². The summed E-state index contributed by atoms with van der Waals surface area (Å²) < 4.78 is 35.6. The molecule has 42 heavy (non-hydrogen) atoms. The fraction of sp³-hybridized carbons (Fsp3) is 0.296. The molecule has 13 nitrogen and oxygen atoms in total. The minimum atomic E-state index is -3.33. The van der Waals surface area contributed by atoms with Gasteiger partial charge in [0.25, 0.3) is 5.88 Å². The number of halogens is 1. The van der Waals surface area contributed by atoms with Crippen molar-refractivity contribution in [3.63, 3.8) is 0 Å². The second kappa shape index (κ2) is 11.7. The Morgan fingerprint density at radius 1 is 1.14 bits per heavy atom. The van der Waals surface area contributed by atoms with E-state index in [1.54, 1.807) is 18.2 Å². The number of fused-ring (bicyclic) bond motifs is 1. The van der Waals surface area contributed by atoms with Gasteiger partial charge in [0.2, 0.25) is 5.91 Å². The fourth-order valence-corrected chi connectivity index (χ4v) is 5.02. The quantitative estimate of drug-likeness (QED) is 0.401. The lowest BCUT2D eigenvalue weighted by atomic mass is 10.1. The molecule has 3 aliphatic rings. The van der Waals surface area contributed by atoms with Gasteiger partial charge in [0.1, 0.15) is 33.2 Å². The minimum Gasteiger partial charge on any atom is -0.437 e. The van der Waals surface area contributed by atoms with E-state index >= 15 is 0 Å². The Labute approximate surface area is 247 Å². The monoisotopic (exact) mass is 610 g/mol. The standard InChI is InChI=1S/C27H27ClN8O5S/c1-36(2)17-11-16(23-30-7-8-31-23)12-18(13-17)40-26-22-24(32-20(25(37)33-22)6-9-42(3,38)39)34-27(35-26)41-21-10-15(14-29)4-5-19(21)28/h4-5,10-13,20H,6-9H2,1-3H3,(H,30,31)(H,33,37)(H,32,34,35). The van der Waals surface area contributed by atoms with E-state index in [4.69, 9.17) is 21.1 Å². The summed E-state index contributed by atoms with van der Waals surface area (Å²) in [6, 6.07) is 11.0. The van der Waals surface area contributed by atoms with Crippen LogP contribution in [-0.2, 0) is 14.6 Å². The van der Waals surface area contributed by atoms with Gasteiger partial charge in [-0.25, -0.2) is 8.42 Å². The van der Waals surface area contributed by atoms with Crippen molar-refractivity contribution in [2.45, 2.75) is 12.5 Å². The predicted molar refractivity (Wildman–Crippen MR) is 159 cm³/mol. The lowest BCUT2D eigenvalue weighted by Gasteiger charge is -2.28. The highest BCUT2D eigenvalue weighted by atomic mass is 35.5. The molecule has 1 atom stereocenters. The van der Waals surface area contributed by atoms with Gasteiger partial charge in [-0.2, -0.15) is 10.3 Å². The van der Waals surface area contributed by atoms with E-state index in [-0.39, 0.29) is 46.4 Å². The topological polar surface area (TPSA) is 170 Å². The Bertz CT molecular complexity index is 1730. The number of hydrogen-bond donors (Lipinski definition) is 3. The fourth-order valence-electron chi connectivity index (χ4n) is 4.21. The van der Waals surface area contributed by atoms with E-state index in [2.05, 4.69) is 30.9 Å². The average molecular weight is 611 g/mol. The van der Waals surface area contributed by atoms with Gasteiger partial charge in [-0.1, -0.05) is 11.6 Å². The van der Waals surface area contributed by atoms with Gasteiger partial charge >= 0.3 is 6.02 Å². The Morgan fingerprint density at radius 2 is 1.95 bits per heavy atom. The number of hydrogen-bond acceptors (Lipinski definition) is 12. The van der Waals surface area contributed by atoms with Crippen molar-refractivity contribution in [3.05, 3.63) is 64.1 Å². The van der Waals surface area contributed by atoms with Crippen molar-refractivity contribution in [3.8, 4) is 17.6 Å². The summed E-state index contributed by atoms with van der Waals surface area (Å²) in [6.07, 6.45) is 1.07. The molecule has 5 rings (SSSR count).